The average molecular weight is 315 g/mol. The number of hydrogen-bond donors (Lipinski definition) is 2. The van der Waals surface area contributed by atoms with Gasteiger partial charge in [-0.25, -0.2) is 4.98 Å². The van der Waals surface area contributed by atoms with Gasteiger partial charge < -0.3 is 10.3 Å². The summed E-state index contributed by atoms with van der Waals surface area (Å²) >= 11 is 9.17. The van der Waals surface area contributed by atoms with Crippen molar-refractivity contribution in [2.75, 3.05) is 5.32 Å². The third-order valence-corrected chi connectivity index (χ3v) is 3.05. The van der Waals surface area contributed by atoms with Gasteiger partial charge in [0.05, 0.1) is 6.33 Å². The molecule has 0 saturated carbocycles. The molecular formula is C11H9BrClN3O. The Balaban J connectivity index is 2.10. The van der Waals surface area contributed by atoms with Crippen molar-refractivity contribution < 1.29 is 0 Å². The molecule has 0 aliphatic heterocycles. The van der Waals surface area contributed by atoms with Crippen LogP contribution in [0.1, 0.15) is 5.56 Å². The van der Waals surface area contributed by atoms with Crippen LogP contribution in [-0.4, -0.2) is 9.97 Å². The molecule has 1 aromatic carbocycles. The van der Waals surface area contributed by atoms with Crippen LogP contribution in [0.4, 0.5) is 5.82 Å². The number of halogens is 2. The highest BCUT2D eigenvalue weighted by Crippen LogP contribution is 2.15. The van der Waals surface area contributed by atoms with E-state index in [4.69, 9.17) is 11.6 Å². The Labute approximate surface area is 111 Å². The summed E-state index contributed by atoms with van der Waals surface area (Å²) in [4.78, 5) is 17.6. The van der Waals surface area contributed by atoms with Crippen LogP contribution < -0.4 is 10.9 Å². The molecule has 0 unspecified atom stereocenters. The fraction of sp³-hybridized carbons (Fsp3) is 0.0909. The van der Waals surface area contributed by atoms with Gasteiger partial charge >= 0.3 is 0 Å². The Morgan fingerprint density at radius 2 is 2.06 bits per heavy atom. The molecule has 0 saturated heterocycles. The summed E-state index contributed by atoms with van der Waals surface area (Å²) < 4.78 is 1.02. The van der Waals surface area contributed by atoms with Crippen LogP contribution >= 0.6 is 27.5 Å². The molecule has 2 N–H and O–H groups in total. The molecule has 0 spiro atoms. The molecule has 6 heteroatoms. The van der Waals surface area contributed by atoms with Crippen LogP contribution in [0.2, 0.25) is 5.02 Å². The number of rotatable bonds is 3. The van der Waals surface area contributed by atoms with Crippen LogP contribution in [0, 0.1) is 0 Å². The lowest BCUT2D eigenvalue weighted by molar-refractivity contribution is 1.06. The summed E-state index contributed by atoms with van der Waals surface area (Å²) in [7, 11) is 0. The molecule has 2 aromatic rings. The van der Waals surface area contributed by atoms with E-state index in [1.165, 1.54) is 6.33 Å². The monoisotopic (exact) mass is 313 g/mol. The number of H-pyrrole nitrogens is 1. The Hall–Kier alpha value is -1.33. The Kier molecular flexibility index (Phi) is 3.81. The van der Waals surface area contributed by atoms with Gasteiger partial charge in [0.25, 0.3) is 5.56 Å². The Morgan fingerprint density at radius 1 is 1.35 bits per heavy atom. The second-order valence-electron chi connectivity index (χ2n) is 3.37. The van der Waals surface area contributed by atoms with E-state index in [2.05, 4.69) is 31.2 Å². The zero-order valence-electron chi connectivity index (χ0n) is 8.71. The largest absolute Gasteiger partial charge is 0.365 e. The number of aromatic amines is 1. The third-order valence-electron chi connectivity index (χ3n) is 2.17. The maximum absolute atomic E-state index is 11.2. The lowest BCUT2D eigenvalue weighted by Gasteiger charge is -2.06. The van der Waals surface area contributed by atoms with Crippen LogP contribution in [0.15, 0.2) is 39.9 Å². The van der Waals surface area contributed by atoms with Crippen molar-refractivity contribution in [3.8, 4) is 0 Å². The van der Waals surface area contributed by atoms with Gasteiger partial charge in [-0.05, 0) is 17.7 Å². The van der Waals surface area contributed by atoms with Gasteiger partial charge in [0.1, 0.15) is 5.02 Å². The zero-order valence-corrected chi connectivity index (χ0v) is 11.0. The van der Waals surface area contributed by atoms with E-state index in [9.17, 15) is 4.79 Å². The lowest BCUT2D eigenvalue weighted by atomic mass is 10.2. The Morgan fingerprint density at radius 3 is 2.76 bits per heavy atom. The molecule has 1 heterocycles. The van der Waals surface area contributed by atoms with Gasteiger partial charge in [-0.15, -0.1) is 0 Å². The highest BCUT2D eigenvalue weighted by molar-refractivity contribution is 9.10. The number of hydrogen-bond acceptors (Lipinski definition) is 3. The molecule has 4 nitrogen and oxygen atoms in total. The average Bonchev–Trinajstić information content (AvgIpc) is 2.33. The number of nitrogens with one attached hydrogen (secondary N) is 2. The van der Waals surface area contributed by atoms with Crippen molar-refractivity contribution in [3.05, 3.63) is 56.0 Å². The SMILES string of the molecule is O=c1[nH]cnc(NCc2ccc(Br)cc2)c1Cl. The minimum atomic E-state index is -0.347. The summed E-state index contributed by atoms with van der Waals surface area (Å²) in [6.45, 7) is 0.559. The van der Waals surface area contributed by atoms with E-state index in [-0.39, 0.29) is 10.6 Å². The molecule has 0 fully saturated rings. The van der Waals surface area contributed by atoms with Crippen molar-refractivity contribution in [1.29, 1.82) is 0 Å². The standard InChI is InChI=1S/C11H9BrClN3O/c12-8-3-1-7(2-4-8)5-14-10-9(13)11(17)16-6-15-10/h1-4,6H,5H2,(H2,14,15,16,17). The molecule has 1 aromatic heterocycles. The van der Waals surface area contributed by atoms with E-state index in [0.717, 1.165) is 10.0 Å². The highest BCUT2D eigenvalue weighted by Gasteiger charge is 2.04. The van der Waals surface area contributed by atoms with Crippen LogP contribution in [0.3, 0.4) is 0 Å². The maximum Gasteiger partial charge on any atom is 0.271 e. The number of aromatic nitrogens is 2. The van der Waals surface area contributed by atoms with Crippen molar-refractivity contribution in [2.45, 2.75) is 6.54 Å². The van der Waals surface area contributed by atoms with E-state index < -0.39 is 0 Å². The van der Waals surface area contributed by atoms with Crippen molar-refractivity contribution in [2.24, 2.45) is 0 Å². The molecular weight excluding hydrogens is 305 g/mol. The fourth-order valence-corrected chi connectivity index (χ4v) is 1.73. The summed E-state index contributed by atoms with van der Waals surface area (Å²) in [6.07, 6.45) is 1.32. The Bertz CT molecular complexity index is 568. The molecule has 0 bridgehead atoms. The molecule has 88 valence electrons. The zero-order chi connectivity index (χ0) is 12.3. The first-order valence-electron chi connectivity index (χ1n) is 4.88. The smallest absolute Gasteiger partial charge is 0.271 e. The van der Waals surface area contributed by atoms with Crippen LogP contribution in [-0.2, 0) is 6.54 Å². The number of benzene rings is 1. The van der Waals surface area contributed by atoms with E-state index in [1.54, 1.807) is 0 Å². The van der Waals surface area contributed by atoms with E-state index >= 15 is 0 Å². The molecule has 0 radical (unpaired) electrons. The summed E-state index contributed by atoms with van der Waals surface area (Å²) in [5, 5.41) is 3.08. The predicted octanol–water partition coefficient (Wildman–Crippen LogP) is 2.80. The van der Waals surface area contributed by atoms with Crippen LogP contribution in [0.5, 0.6) is 0 Å². The van der Waals surface area contributed by atoms with E-state index in [1.807, 2.05) is 24.3 Å². The van der Waals surface area contributed by atoms with Crippen molar-refractivity contribution in [3.63, 3.8) is 0 Å². The lowest BCUT2D eigenvalue weighted by Crippen LogP contribution is -2.11. The second-order valence-corrected chi connectivity index (χ2v) is 4.67. The van der Waals surface area contributed by atoms with Gasteiger partial charge in [0, 0.05) is 11.0 Å². The molecule has 17 heavy (non-hydrogen) atoms. The van der Waals surface area contributed by atoms with Gasteiger partial charge in [-0.1, -0.05) is 39.7 Å². The molecule has 0 atom stereocenters. The number of nitrogens with zero attached hydrogens (tertiary/aromatic N) is 1. The van der Waals surface area contributed by atoms with Crippen molar-refractivity contribution in [1.82, 2.24) is 9.97 Å². The molecule has 0 amide bonds. The van der Waals surface area contributed by atoms with E-state index in [0.29, 0.717) is 12.4 Å². The first-order valence-corrected chi connectivity index (χ1v) is 6.05. The molecule has 0 aliphatic carbocycles. The first kappa shape index (κ1) is 12.1. The topological polar surface area (TPSA) is 57.8 Å². The van der Waals surface area contributed by atoms with Gasteiger partial charge in [-0.2, -0.15) is 0 Å². The quantitative estimate of drug-likeness (QED) is 0.916. The van der Waals surface area contributed by atoms with Gasteiger partial charge in [0.15, 0.2) is 5.82 Å². The number of anilines is 1. The van der Waals surface area contributed by atoms with Gasteiger partial charge in [0.2, 0.25) is 0 Å². The normalized spacial score (nSPS) is 10.2. The summed E-state index contributed by atoms with van der Waals surface area (Å²) in [5.41, 5.74) is 0.728. The highest BCUT2D eigenvalue weighted by atomic mass is 79.9. The first-order chi connectivity index (χ1) is 8.16. The molecule has 0 aliphatic rings. The molecule has 2 rings (SSSR count). The fourth-order valence-electron chi connectivity index (χ4n) is 1.29. The predicted molar refractivity (Wildman–Crippen MR) is 71.3 cm³/mol. The third kappa shape index (κ3) is 3.08. The minimum absolute atomic E-state index is 0.0737. The maximum atomic E-state index is 11.2. The van der Waals surface area contributed by atoms with Gasteiger partial charge in [-0.3, -0.25) is 4.79 Å². The summed E-state index contributed by atoms with van der Waals surface area (Å²) in [5.74, 6) is 0.387. The summed E-state index contributed by atoms with van der Waals surface area (Å²) in [6, 6.07) is 7.84. The van der Waals surface area contributed by atoms with Crippen molar-refractivity contribution >= 4 is 33.3 Å². The minimum Gasteiger partial charge on any atom is -0.365 e. The van der Waals surface area contributed by atoms with Crippen LogP contribution in [0.25, 0.3) is 0 Å². The second kappa shape index (κ2) is 5.33.